The molecule has 1 heterocycles. The third-order valence-electron chi connectivity index (χ3n) is 8.14. The number of benzene rings is 1. The topological polar surface area (TPSA) is 101 Å². The number of alkyl halides is 3. The second kappa shape index (κ2) is 10.9. The number of amides is 2. The Morgan fingerprint density at radius 3 is 2.35 bits per heavy atom. The van der Waals surface area contributed by atoms with Crippen LogP contribution in [-0.2, 0) is 20.8 Å². The van der Waals surface area contributed by atoms with E-state index in [9.17, 15) is 31.2 Å². The summed E-state index contributed by atoms with van der Waals surface area (Å²) in [6, 6.07) is 3.19. The van der Waals surface area contributed by atoms with Crippen molar-refractivity contribution >= 4 is 21.7 Å². The number of nitrogens with two attached hydrogens (primary N) is 1. The molecule has 37 heavy (non-hydrogen) atoms. The Hall–Kier alpha value is -2.14. The van der Waals surface area contributed by atoms with Gasteiger partial charge in [-0.05, 0) is 84.0 Å². The lowest BCUT2D eigenvalue weighted by Crippen LogP contribution is -2.52. The molecule has 11 heteroatoms. The second-order valence-electron chi connectivity index (χ2n) is 10.9. The van der Waals surface area contributed by atoms with Gasteiger partial charge < -0.3 is 15.5 Å². The van der Waals surface area contributed by atoms with E-state index in [-0.39, 0.29) is 47.8 Å². The molecule has 7 nitrogen and oxygen atoms in total. The lowest BCUT2D eigenvalue weighted by atomic mass is 9.80. The maximum Gasteiger partial charge on any atom is 0.416 e. The number of primary amides is 1. The van der Waals surface area contributed by atoms with Gasteiger partial charge in [0.25, 0.3) is 0 Å². The number of hydrogen-bond acceptors (Lipinski definition) is 5. The lowest BCUT2D eigenvalue weighted by molar-refractivity contribution is -0.139. The molecule has 0 unspecified atom stereocenters. The van der Waals surface area contributed by atoms with E-state index >= 15 is 0 Å². The fraction of sp³-hybridized carbons (Fsp3) is 0.692. The number of hydrogen-bond donors (Lipinski definition) is 1. The maximum absolute atomic E-state index is 13.9. The summed E-state index contributed by atoms with van der Waals surface area (Å²) in [7, 11) is -1.42. The number of likely N-dealkylation sites (tertiary alicyclic amines) is 1. The van der Waals surface area contributed by atoms with E-state index in [4.69, 9.17) is 5.73 Å². The van der Waals surface area contributed by atoms with Gasteiger partial charge in [0.2, 0.25) is 11.8 Å². The van der Waals surface area contributed by atoms with Crippen LogP contribution in [0.15, 0.2) is 18.2 Å². The first-order valence-corrected chi connectivity index (χ1v) is 14.5. The molecule has 1 aliphatic carbocycles. The van der Waals surface area contributed by atoms with Gasteiger partial charge >= 0.3 is 6.18 Å². The van der Waals surface area contributed by atoms with Gasteiger partial charge in [-0.15, -0.1) is 0 Å². The predicted molar refractivity (Wildman–Crippen MR) is 136 cm³/mol. The van der Waals surface area contributed by atoms with Crippen LogP contribution >= 0.6 is 0 Å². The molecule has 0 spiro atoms. The van der Waals surface area contributed by atoms with Crippen LogP contribution in [0.2, 0.25) is 0 Å². The summed E-state index contributed by atoms with van der Waals surface area (Å²) in [6.07, 6.45) is -2.78. The molecule has 1 aromatic rings. The fourth-order valence-corrected chi connectivity index (χ4v) is 7.14. The van der Waals surface area contributed by atoms with E-state index in [0.29, 0.717) is 12.8 Å². The van der Waals surface area contributed by atoms with E-state index < -0.39 is 50.6 Å². The van der Waals surface area contributed by atoms with Crippen molar-refractivity contribution in [1.82, 2.24) is 9.80 Å². The van der Waals surface area contributed by atoms with E-state index in [1.54, 1.807) is 18.7 Å². The minimum absolute atomic E-state index is 0.0854. The van der Waals surface area contributed by atoms with Crippen molar-refractivity contribution in [2.75, 3.05) is 19.3 Å². The van der Waals surface area contributed by atoms with Crippen molar-refractivity contribution in [3.63, 3.8) is 0 Å². The number of carbonyl (C=O) groups is 2. The quantitative estimate of drug-likeness (QED) is 0.535. The molecule has 1 aromatic carbocycles. The Kier molecular flexibility index (Phi) is 8.68. The highest BCUT2D eigenvalue weighted by atomic mass is 32.2. The standard InChI is InChI=1S/C26H38F3N3O4S/c1-15(2)31(5)18-9-10-22(17(13-18)14-37(35,36)16(3)4)32-12-11-20(25(32)34)23-19(24(30)33)7-6-8-21(23)26(27,28)29/h6-8,15-18,20,22H,9-14H2,1-5H3,(H2,30,33)/t17-,18+,20-,22-/m0/s1. The molecular weight excluding hydrogens is 507 g/mol. The lowest BCUT2D eigenvalue weighted by Gasteiger charge is -2.44. The highest BCUT2D eigenvalue weighted by Gasteiger charge is 2.47. The molecule has 2 amide bonds. The first-order chi connectivity index (χ1) is 17.1. The molecule has 2 aliphatic rings. The molecule has 2 fully saturated rings. The van der Waals surface area contributed by atoms with Gasteiger partial charge in [-0.3, -0.25) is 9.59 Å². The molecule has 0 aromatic heterocycles. The Morgan fingerprint density at radius 2 is 1.81 bits per heavy atom. The van der Waals surface area contributed by atoms with Gasteiger partial charge in [0, 0.05) is 30.2 Å². The third-order valence-corrected chi connectivity index (χ3v) is 10.5. The first-order valence-electron chi connectivity index (χ1n) is 12.8. The van der Waals surface area contributed by atoms with Crippen LogP contribution in [0.1, 0.15) is 80.8 Å². The zero-order valence-electron chi connectivity index (χ0n) is 22.1. The Labute approximate surface area is 217 Å². The number of sulfone groups is 1. The normalized spacial score (nSPS) is 25.5. The number of nitrogens with zero attached hydrogens (tertiary/aromatic N) is 2. The maximum atomic E-state index is 13.9. The first kappa shape index (κ1) is 29.4. The molecular formula is C26H38F3N3O4S. The third kappa shape index (κ3) is 6.13. The van der Waals surface area contributed by atoms with Crippen LogP contribution in [0.5, 0.6) is 0 Å². The second-order valence-corrected chi connectivity index (χ2v) is 13.5. The molecule has 1 saturated carbocycles. The highest BCUT2D eigenvalue weighted by Crippen LogP contribution is 2.43. The minimum Gasteiger partial charge on any atom is -0.366 e. The monoisotopic (exact) mass is 545 g/mol. The van der Waals surface area contributed by atoms with E-state index in [1.807, 2.05) is 7.05 Å². The van der Waals surface area contributed by atoms with Crippen LogP contribution in [0.25, 0.3) is 0 Å². The number of carbonyl (C=O) groups excluding carboxylic acids is 2. The SMILES string of the molecule is CC(C)N(C)[C@@H]1CC[C@H](N2CC[C@@H](c3c(C(N)=O)cccc3C(F)(F)F)C2=O)[C@H](CS(=O)(=O)C(C)C)C1. The summed E-state index contributed by atoms with van der Waals surface area (Å²) in [4.78, 5) is 29.5. The molecule has 4 atom stereocenters. The average molecular weight is 546 g/mol. The van der Waals surface area contributed by atoms with Crippen molar-refractivity contribution < 1.29 is 31.2 Å². The van der Waals surface area contributed by atoms with Crippen molar-refractivity contribution in [2.24, 2.45) is 11.7 Å². The van der Waals surface area contributed by atoms with E-state index in [0.717, 1.165) is 18.6 Å². The largest absolute Gasteiger partial charge is 0.416 e. The Bertz CT molecular complexity index is 1120. The number of halogens is 3. The van der Waals surface area contributed by atoms with Crippen LogP contribution < -0.4 is 5.73 Å². The van der Waals surface area contributed by atoms with Gasteiger partial charge in [-0.1, -0.05) is 6.07 Å². The highest BCUT2D eigenvalue weighted by molar-refractivity contribution is 7.91. The smallest absolute Gasteiger partial charge is 0.366 e. The van der Waals surface area contributed by atoms with Crippen LogP contribution in [0, 0.1) is 5.92 Å². The molecule has 2 N–H and O–H groups in total. The summed E-state index contributed by atoms with van der Waals surface area (Å²) in [5.41, 5.74) is 3.68. The molecule has 208 valence electrons. The molecule has 1 aliphatic heterocycles. The summed E-state index contributed by atoms with van der Waals surface area (Å²) >= 11 is 0. The van der Waals surface area contributed by atoms with Crippen molar-refractivity contribution in [1.29, 1.82) is 0 Å². The average Bonchev–Trinajstić information content (AvgIpc) is 3.17. The van der Waals surface area contributed by atoms with E-state index in [2.05, 4.69) is 18.7 Å². The van der Waals surface area contributed by atoms with E-state index in [1.165, 1.54) is 6.07 Å². The summed E-state index contributed by atoms with van der Waals surface area (Å²) in [5.74, 6) is -3.13. The van der Waals surface area contributed by atoms with Crippen LogP contribution in [-0.4, -0.2) is 72.8 Å². The van der Waals surface area contributed by atoms with Crippen molar-refractivity contribution in [3.05, 3.63) is 34.9 Å². The zero-order valence-corrected chi connectivity index (χ0v) is 22.9. The molecule has 1 saturated heterocycles. The molecule has 0 radical (unpaired) electrons. The molecule has 0 bridgehead atoms. The minimum atomic E-state index is -4.76. The predicted octanol–water partition coefficient (Wildman–Crippen LogP) is 3.82. The van der Waals surface area contributed by atoms with Crippen molar-refractivity contribution in [2.45, 2.75) is 88.8 Å². The van der Waals surface area contributed by atoms with Crippen molar-refractivity contribution in [3.8, 4) is 0 Å². The Morgan fingerprint density at radius 1 is 1.16 bits per heavy atom. The van der Waals surface area contributed by atoms with Gasteiger partial charge in [0.1, 0.15) is 0 Å². The zero-order chi connectivity index (χ0) is 27.9. The Balaban J connectivity index is 1.97. The van der Waals surface area contributed by atoms with Gasteiger partial charge in [-0.2, -0.15) is 13.2 Å². The summed E-state index contributed by atoms with van der Waals surface area (Å²) in [6.45, 7) is 7.58. The summed E-state index contributed by atoms with van der Waals surface area (Å²) in [5, 5.41) is -0.574. The molecule has 3 rings (SSSR count). The summed E-state index contributed by atoms with van der Waals surface area (Å²) < 4.78 is 67.5. The van der Waals surface area contributed by atoms with Gasteiger partial charge in [0.15, 0.2) is 9.84 Å². The van der Waals surface area contributed by atoms with Crippen LogP contribution in [0.4, 0.5) is 13.2 Å². The van der Waals surface area contributed by atoms with Gasteiger partial charge in [-0.25, -0.2) is 8.42 Å². The fourth-order valence-electron chi connectivity index (χ4n) is 5.80. The van der Waals surface area contributed by atoms with Gasteiger partial charge in [0.05, 0.1) is 22.5 Å². The number of rotatable bonds is 8. The van der Waals surface area contributed by atoms with Crippen LogP contribution in [0.3, 0.4) is 0 Å².